The van der Waals surface area contributed by atoms with Crippen LogP contribution in [0, 0.1) is 0 Å². The van der Waals surface area contributed by atoms with Gasteiger partial charge in [-0.05, 0) is 22.3 Å². The van der Waals surface area contributed by atoms with Crippen molar-refractivity contribution in [2.75, 3.05) is 0 Å². The Bertz CT molecular complexity index is 1540. The molecule has 0 atom stereocenters. The van der Waals surface area contributed by atoms with Crippen molar-refractivity contribution >= 4 is 12.3 Å². The molecule has 0 aliphatic rings. The first-order valence-corrected chi connectivity index (χ1v) is 12.9. The summed E-state index contributed by atoms with van der Waals surface area (Å²) < 4.78 is 13.6. The van der Waals surface area contributed by atoms with E-state index in [2.05, 4.69) is 0 Å². The SMILES string of the molecule is O=Cc1cc(=O)c(OC(c2ccccc2)c2ccccc2)cn1CC(=O)OC(c1ccccc1)c1ccccc1. The van der Waals surface area contributed by atoms with E-state index in [1.165, 1.54) is 16.8 Å². The summed E-state index contributed by atoms with van der Waals surface area (Å²) >= 11 is 0. The normalized spacial score (nSPS) is 10.8. The third-order valence-electron chi connectivity index (χ3n) is 6.45. The Balaban J connectivity index is 1.44. The van der Waals surface area contributed by atoms with Crippen LogP contribution in [0.5, 0.6) is 5.75 Å². The molecule has 4 aromatic carbocycles. The Morgan fingerprint density at radius 2 is 1.10 bits per heavy atom. The topological polar surface area (TPSA) is 74.6 Å². The maximum atomic E-state index is 13.2. The fraction of sp³-hybridized carbons (Fsp3) is 0.0882. The van der Waals surface area contributed by atoms with Crippen molar-refractivity contribution in [2.45, 2.75) is 18.8 Å². The van der Waals surface area contributed by atoms with Crippen LogP contribution in [0.15, 0.2) is 138 Å². The average Bonchev–Trinajstić information content (AvgIpc) is 3.01. The molecule has 0 spiro atoms. The molecule has 40 heavy (non-hydrogen) atoms. The zero-order chi connectivity index (χ0) is 27.7. The number of rotatable bonds is 10. The van der Waals surface area contributed by atoms with Crippen LogP contribution in [0.4, 0.5) is 0 Å². The third-order valence-corrected chi connectivity index (χ3v) is 6.45. The van der Waals surface area contributed by atoms with Gasteiger partial charge < -0.3 is 14.0 Å². The highest BCUT2D eigenvalue weighted by molar-refractivity contribution is 5.75. The second kappa shape index (κ2) is 12.5. The van der Waals surface area contributed by atoms with Gasteiger partial charge in [-0.25, -0.2) is 0 Å². The summed E-state index contributed by atoms with van der Waals surface area (Å²) in [5.41, 5.74) is 2.92. The molecule has 0 aliphatic carbocycles. The summed E-state index contributed by atoms with van der Waals surface area (Å²) in [4.78, 5) is 38.0. The Morgan fingerprint density at radius 3 is 1.52 bits per heavy atom. The highest BCUT2D eigenvalue weighted by atomic mass is 16.5. The van der Waals surface area contributed by atoms with E-state index in [1.807, 2.05) is 121 Å². The molecule has 0 amide bonds. The molecule has 5 rings (SSSR count). The van der Waals surface area contributed by atoms with Crippen LogP contribution < -0.4 is 10.2 Å². The molecule has 0 aliphatic heterocycles. The maximum Gasteiger partial charge on any atom is 0.326 e. The van der Waals surface area contributed by atoms with Crippen LogP contribution in [0.25, 0.3) is 0 Å². The molecule has 0 radical (unpaired) electrons. The van der Waals surface area contributed by atoms with Crippen molar-refractivity contribution in [3.05, 3.63) is 172 Å². The maximum absolute atomic E-state index is 13.2. The van der Waals surface area contributed by atoms with Gasteiger partial charge in [0.05, 0.1) is 11.9 Å². The van der Waals surface area contributed by atoms with Crippen molar-refractivity contribution in [3.63, 3.8) is 0 Å². The molecule has 0 N–H and O–H groups in total. The number of aldehydes is 1. The molecular formula is C34H27NO5. The van der Waals surface area contributed by atoms with Crippen molar-refractivity contribution in [1.29, 1.82) is 0 Å². The lowest BCUT2D eigenvalue weighted by Gasteiger charge is -2.22. The van der Waals surface area contributed by atoms with Gasteiger partial charge in [0.2, 0.25) is 5.43 Å². The van der Waals surface area contributed by atoms with E-state index in [1.54, 1.807) is 0 Å². The number of pyridine rings is 1. The second-order valence-electron chi connectivity index (χ2n) is 9.18. The van der Waals surface area contributed by atoms with Gasteiger partial charge in [0.25, 0.3) is 0 Å². The zero-order valence-electron chi connectivity index (χ0n) is 21.6. The number of carbonyl (C=O) groups excluding carboxylic acids is 2. The minimum absolute atomic E-state index is 0.0128. The van der Waals surface area contributed by atoms with Crippen LogP contribution in [0.1, 0.15) is 45.0 Å². The molecule has 0 bridgehead atoms. The molecule has 0 unspecified atom stereocenters. The van der Waals surface area contributed by atoms with Crippen LogP contribution in [-0.2, 0) is 16.1 Å². The lowest BCUT2D eigenvalue weighted by molar-refractivity contribution is -0.148. The molecular weight excluding hydrogens is 502 g/mol. The van der Waals surface area contributed by atoms with E-state index in [9.17, 15) is 14.4 Å². The van der Waals surface area contributed by atoms with Gasteiger partial charge in [-0.2, -0.15) is 0 Å². The van der Waals surface area contributed by atoms with Crippen molar-refractivity contribution in [1.82, 2.24) is 4.57 Å². The summed E-state index contributed by atoms with van der Waals surface area (Å²) in [7, 11) is 0. The quantitative estimate of drug-likeness (QED) is 0.160. The Labute approximate surface area is 232 Å². The minimum Gasteiger partial charge on any atom is -0.475 e. The Hall–Kier alpha value is -5.23. The van der Waals surface area contributed by atoms with Gasteiger partial charge in [-0.3, -0.25) is 14.4 Å². The predicted octanol–water partition coefficient (Wildman–Crippen LogP) is 6.16. The first-order valence-electron chi connectivity index (χ1n) is 12.9. The summed E-state index contributed by atoms with van der Waals surface area (Å²) in [6.07, 6.45) is 0.728. The van der Waals surface area contributed by atoms with Gasteiger partial charge in [-0.15, -0.1) is 0 Å². The summed E-state index contributed by atoms with van der Waals surface area (Å²) in [5.74, 6) is -0.558. The number of benzene rings is 4. The predicted molar refractivity (Wildman–Crippen MR) is 152 cm³/mol. The van der Waals surface area contributed by atoms with E-state index >= 15 is 0 Å². The highest BCUT2D eigenvalue weighted by Crippen LogP contribution is 2.28. The first kappa shape index (κ1) is 26.4. The number of nitrogens with zero attached hydrogens (tertiary/aromatic N) is 1. The summed E-state index contributed by atoms with van der Waals surface area (Å²) in [6, 6.07) is 39.1. The minimum atomic E-state index is -0.634. The molecule has 198 valence electrons. The summed E-state index contributed by atoms with van der Waals surface area (Å²) in [6.45, 7) is -0.289. The lowest BCUT2D eigenvalue weighted by atomic mass is 10.0. The van der Waals surface area contributed by atoms with Gasteiger partial charge >= 0.3 is 5.97 Å². The molecule has 0 fully saturated rings. The van der Waals surface area contributed by atoms with Crippen LogP contribution in [0.3, 0.4) is 0 Å². The van der Waals surface area contributed by atoms with E-state index in [0.29, 0.717) is 6.29 Å². The Morgan fingerprint density at radius 1 is 0.675 bits per heavy atom. The number of esters is 1. The first-order chi connectivity index (χ1) is 19.6. The molecule has 5 aromatic rings. The molecule has 6 heteroatoms. The van der Waals surface area contributed by atoms with Gasteiger partial charge in [-0.1, -0.05) is 121 Å². The Kier molecular flexibility index (Phi) is 8.27. The van der Waals surface area contributed by atoms with Crippen molar-refractivity contribution in [3.8, 4) is 5.75 Å². The van der Waals surface area contributed by atoms with E-state index in [4.69, 9.17) is 9.47 Å². The standard InChI is InChI=1S/C34H27NO5/c36-24-29-21-30(37)31(39-33(25-13-5-1-6-14-25)26-15-7-2-8-16-26)22-35(29)23-32(38)40-34(27-17-9-3-10-18-27)28-19-11-4-12-20-28/h1-22,24,33-34H,23H2. The van der Waals surface area contributed by atoms with E-state index < -0.39 is 23.6 Å². The van der Waals surface area contributed by atoms with Gasteiger partial charge in [0.15, 0.2) is 18.1 Å². The van der Waals surface area contributed by atoms with Gasteiger partial charge in [0, 0.05) is 6.07 Å². The average molecular weight is 530 g/mol. The highest BCUT2D eigenvalue weighted by Gasteiger charge is 2.22. The lowest BCUT2D eigenvalue weighted by Crippen LogP contribution is -2.23. The molecule has 6 nitrogen and oxygen atoms in total. The molecule has 0 saturated carbocycles. The number of aromatic nitrogens is 1. The van der Waals surface area contributed by atoms with Crippen molar-refractivity contribution < 1.29 is 19.1 Å². The van der Waals surface area contributed by atoms with Crippen LogP contribution in [-0.4, -0.2) is 16.8 Å². The number of hydrogen-bond acceptors (Lipinski definition) is 5. The van der Waals surface area contributed by atoms with E-state index in [0.717, 1.165) is 22.3 Å². The summed E-state index contributed by atoms with van der Waals surface area (Å²) in [5, 5.41) is 0. The fourth-order valence-electron chi connectivity index (χ4n) is 4.50. The third kappa shape index (κ3) is 6.25. The number of hydrogen-bond donors (Lipinski definition) is 0. The zero-order valence-corrected chi connectivity index (χ0v) is 21.6. The molecule has 0 saturated heterocycles. The smallest absolute Gasteiger partial charge is 0.326 e. The van der Waals surface area contributed by atoms with Crippen LogP contribution >= 0.6 is 0 Å². The number of carbonyl (C=O) groups is 2. The van der Waals surface area contributed by atoms with Gasteiger partial charge in [0.1, 0.15) is 12.6 Å². The number of ether oxygens (including phenoxy) is 2. The molecule has 1 heterocycles. The monoisotopic (exact) mass is 529 g/mol. The largest absolute Gasteiger partial charge is 0.475 e. The molecule has 1 aromatic heterocycles. The second-order valence-corrected chi connectivity index (χ2v) is 9.18. The fourth-order valence-corrected chi connectivity index (χ4v) is 4.50. The van der Waals surface area contributed by atoms with E-state index in [-0.39, 0.29) is 18.0 Å². The van der Waals surface area contributed by atoms with Crippen molar-refractivity contribution in [2.24, 2.45) is 0 Å². The van der Waals surface area contributed by atoms with Crippen LogP contribution in [0.2, 0.25) is 0 Å².